The number of rotatable bonds is 6. The molecule has 1 aromatic heterocycles. The molecule has 0 radical (unpaired) electrons. The van der Waals surface area contributed by atoms with Crippen LogP contribution in [-0.2, 0) is 0 Å². The third-order valence-electron chi connectivity index (χ3n) is 3.13. The van der Waals surface area contributed by atoms with E-state index in [0.717, 1.165) is 0 Å². The molecule has 0 aliphatic rings. The monoisotopic (exact) mass is 302 g/mol. The lowest BCUT2D eigenvalue weighted by Gasteiger charge is -2.14. The lowest BCUT2D eigenvalue weighted by atomic mass is 10.1. The van der Waals surface area contributed by atoms with E-state index in [1.54, 1.807) is 42.6 Å². The van der Waals surface area contributed by atoms with Gasteiger partial charge in [-0.1, -0.05) is 12.1 Å². The smallest absolute Gasteiger partial charge is 0.255 e. The molecule has 0 bridgehead atoms. The Kier molecular flexibility index (Phi) is 5.32. The molecule has 116 valence electrons. The highest BCUT2D eigenvalue weighted by molar-refractivity contribution is 5.97. The summed E-state index contributed by atoms with van der Waals surface area (Å²) in [5.41, 5.74) is 0.843. The number of methoxy groups -OCH3 is 2. The van der Waals surface area contributed by atoms with Gasteiger partial charge < -0.3 is 19.9 Å². The van der Waals surface area contributed by atoms with Gasteiger partial charge in [0.25, 0.3) is 5.91 Å². The van der Waals surface area contributed by atoms with Gasteiger partial charge in [-0.15, -0.1) is 0 Å². The van der Waals surface area contributed by atoms with Crippen LogP contribution in [0.3, 0.4) is 0 Å². The summed E-state index contributed by atoms with van der Waals surface area (Å²) in [4.78, 5) is 16.3. The highest BCUT2D eigenvalue weighted by Crippen LogP contribution is 2.30. The van der Waals surface area contributed by atoms with Crippen LogP contribution in [0.2, 0.25) is 0 Å². The van der Waals surface area contributed by atoms with Crippen LogP contribution in [-0.4, -0.2) is 36.8 Å². The van der Waals surface area contributed by atoms with Gasteiger partial charge in [0, 0.05) is 12.7 Å². The fourth-order valence-corrected chi connectivity index (χ4v) is 2.03. The predicted octanol–water partition coefficient (Wildman–Crippen LogP) is 1.56. The van der Waals surface area contributed by atoms with Crippen molar-refractivity contribution in [3.8, 4) is 11.5 Å². The second kappa shape index (κ2) is 7.42. The molecule has 6 heteroatoms. The number of hydrogen-bond donors (Lipinski definition) is 2. The first-order chi connectivity index (χ1) is 10.7. The summed E-state index contributed by atoms with van der Waals surface area (Å²) < 4.78 is 10.4. The van der Waals surface area contributed by atoms with E-state index in [0.29, 0.717) is 22.8 Å². The standard InChI is InChI=1S/C16H18N2O4/c1-21-14-8-5-6-11(15(14)22-2)16(20)18-10-13(19)12-7-3-4-9-17-12/h3-9,13,19H,10H2,1-2H3,(H,18,20)/t13-/m1/s1. The normalized spacial score (nSPS) is 11.6. The SMILES string of the molecule is COc1cccc(C(=O)NC[C@@H](O)c2ccccn2)c1OC. The van der Waals surface area contributed by atoms with Gasteiger partial charge in [0.15, 0.2) is 11.5 Å². The van der Waals surface area contributed by atoms with Crippen LogP contribution in [0.5, 0.6) is 11.5 Å². The van der Waals surface area contributed by atoms with Gasteiger partial charge in [0.1, 0.15) is 6.10 Å². The van der Waals surface area contributed by atoms with Gasteiger partial charge in [0.05, 0.1) is 25.5 Å². The van der Waals surface area contributed by atoms with Crippen molar-refractivity contribution >= 4 is 5.91 Å². The molecule has 2 aromatic rings. The second-order valence-electron chi connectivity index (χ2n) is 4.52. The number of carbonyl (C=O) groups is 1. The number of amides is 1. The number of nitrogens with one attached hydrogen (secondary N) is 1. The number of para-hydroxylation sites is 1. The molecule has 22 heavy (non-hydrogen) atoms. The number of nitrogens with zero attached hydrogens (tertiary/aromatic N) is 1. The van der Waals surface area contributed by atoms with E-state index in [1.165, 1.54) is 14.2 Å². The molecule has 1 atom stereocenters. The van der Waals surface area contributed by atoms with Crippen molar-refractivity contribution in [1.29, 1.82) is 0 Å². The third kappa shape index (κ3) is 3.53. The lowest BCUT2D eigenvalue weighted by Crippen LogP contribution is -2.29. The molecule has 0 saturated heterocycles. The number of hydrogen-bond acceptors (Lipinski definition) is 5. The molecule has 0 saturated carbocycles. The van der Waals surface area contributed by atoms with Crippen molar-refractivity contribution in [3.05, 3.63) is 53.9 Å². The van der Waals surface area contributed by atoms with Crippen LogP contribution in [0.4, 0.5) is 0 Å². The average Bonchev–Trinajstić information content (AvgIpc) is 2.59. The zero-order chi connectivity index (χ0) is 15.9. The molecular weight excluding hydrogens is 284 g/mol. The van der Waals surface area contributed by atoms with Crippen LogP contribution in [0.1, 0.15) is 22.2 Å². The molecule has 6 nitrogen and oxygen atoms in total. The molecule has 2 rings (SSSR count). The topological polar surface area (TPSA) is 80.7 Å². The minimum absolute atomic E-state index is 0.0518. The minimum Gasteiger partial charge on any atom is -0.493 e. The molecule has 0 unspecified atom stereocenters. The molecule has 1 aromatic carbocycles. The largest absolute Gasteiger partial charge is 0.493 e. The fraction of sp³-hybridized carbons (Fsp3) is 0.250. The number of carbonyl (C=O) groups excluding carboxylic acids is 1. The van der Waals surface area contributed by atoms with Crippen molar-refractivity contribution in [1.82, 2.24) is 10.3 Å². The number of pyridine rings is 1. The molecule has 0 spiro atoms. The first-order valence-corrected chi connectivity index (χ1v) is 6.75. The van der Waals surface area contributed by atoms with Crippen molar-refractivity contribution in [2.24, 2.45) is 0 Å². The predicted molar refractivity (Wildman–Crippen MR) is 81.1 cm³/mol. The summed E-state index contributed by atoms with van der Waals surface area (Å²) in [6.45, 7) is 0.0518. The Morgan fingerprint density at radius 3 is 2.68 bits per heavy atom. The molecule has 2 N–H and O–H groups in total. The molecular formula is C16H18N2O4. The van der Waals surface area contributed by atoms with E-state index in [9.17, 15) is 9.90 Å². The van der Waals surface area contributed by atoms with E-state index in [1.807, 2.05) is 0 Å². The zero-order valence-electron chi connectivity index (χ0n) is 12.4. The van der Waals surface area contributed by atoms with E-state index in [2.05, 4.69) is 10.3 Å². The first kappa shape index (κ1) is 15.8. The summed E-state index contributed by atoms with van der Waals surface area (Å²) >= 11 is 0. The Balaban J connectivity index is 2.07. The Morgan fingerprint density at radius 2 is 2.05 bits per heavy atom. The van der Waals surface area contributed by atoms with Gasteiger partial charge in [-0.2, -0.15) is 0 Å². The van der Waals surface area contributed by atoms with Gasteiger partial charge in [-0.3, -0.25) is 9.78 Å². The Bertz CT molecular complexity index is 631. The molecule has 1 heterocycles. The van der Waals surface area contributed by atoms with E-state index >= 15 is 0 Å². The average molecular weight is 302 g/mol. The van der Waals surface area contributed by atoms with Gasteiger partial charge in [-0.25, -0.2) is 0 Å². The summed E-state index contributed by atoms with van der Waals surface area (Å²) in [7, 11) is 2.97. The van der Waals surface area contributed by atoms with Crippen LogP contribution in [0.15, 0.2) is 42.6 Å². The van der Waals surface area contributed by atoms with Crippen LogP contribution < -0.4 is 14.8 Å². The number of aromatic nitrogens is 1. The maximum absolute atomic E-state index is 12.3. The third-order valence-corrected chi connectivity index (χ3v) is 3.13. The molecule has 1 amide bonds. The van der Waals surface area contributed by atoms with E-state index in [4.69, 9.17) is 9.47 Å². The number of ether oxygens (including phenoxy) is 2. The lowest BCUT2D eigenvalue weighted by molar-refractivity contribution is 0.0910. The summed E-state index contributed by atoms with van der Waals surface area (Å²) in [6.07, 6.45) is 0.715. The summed E-state index contributed by atoms with van der Waals surface area (Å²) in [6, 6.07) is 10.3. The number of aliphatic hydroxyl groups excluding tert-OH is 1. The zero-order valence-corrected chi connectivity index (χ0v) is 12.4. The minimum atomic E-state index is -0.873. The van der Waals surface area contributed by atoms with Crippen LogP contribution in [0, 0.1) is 0 Å². The van der Waals surface area contributed by atoms with Crippen molar-refractivity contribution in [2.75, 3.05) is 20.8 Å². The fourth-order valence-electron chi connectivity index (χ4n) is 2.03. The maximum Gasteiger partial charge on any atom is 0.255 e. The quantitative estimate of drug-likeness (QED) is 0.846. The van der Waals surface area contributed by atoms with Crippen molar-refractivity contribution < 1.29 is 19.4 Å². The van der Waals surface area contributed by atoms with E-state index < -0.39 is 6.10 Å². The highest BCUT2D eigenvalue weighted by Gasteiger charge is 2.17. The first-order valence-electron chi connectivity index (χ1n) is 6.75. The maximum atomic E-state index is 12.3. The Labute approximate surface area is 128 Å². The second-order valence-corrected chi connectivity index (χ2v) is 4.52. The van der Waals surface area contributed by atoms with Gasteiger partial charge >= 0.3 is 0 Å². The Hall–Kier alpha value is -2.60. The van der Waals surface area contributed by atoms with Crippen LogP contribution >= 0.6 is 0 Å². The van der Waals surface area contributed by atoms with Crippen molar-refractivity contribution in [3.63, 3.8) is 0 Å². The van der Waals surface area contributed by atoms with Crippen molar-refractivity contribution in [2.45, 2.75) is 6.10 Å². The van der Waals surface area contributed by atoms with Gasteiger partial charge in [0.2, 0.25) is 0 Å². The Morgan fingerprint density at radius 1 is 1.23 bits per heavy atom. The van der Waals surface area contributed by atoms with Gasteiger partial charge in [-0.05, 0) is 24.3 Å². The van der Waals surface area contributed by atoms with E-state index in [-0.39, 0.29) is 12.5 Å². The molecule has 0 fully saturated rings. The molecule has 0 aliphatic carbocycles. The summed E-state index contributed by atoms with van der Waals surface area (Å²) in [5.74, 6) is 0.473. The molecule has 0 aliphatic heterocycles. The number of aliphatic hydroxyl groups is 1. The highest BCUT2D eigenvalue weighted by atomic mass is 16.5. The van der Waals surface area contributed by atoms with Crippen LogP contribution in [0.25, 0.3) is 0 Å². The number of benzene rings is 1. The summed E-state index contributed by atoms with van der Waals surface area (Å²) in [5, 5.41) is 12.7.